The first kappa shape index (κ1) is 31.0. The minimum absolute atomic E-state index is 0.0725. The number of anilines is 1. The Labute approximate surface area is 247 Å². The van der Waals surface area contributed by atoms with Gasteiger partial charge in [-0.2, -0.15) is 0 Å². The maximum Gasteiger partial charge on any atom is 0.269 e. The predicted octanol–water partition coefficient (Wildman–Crippen LogP) is 5.55. The third kappa shape index (κ3) is 6.42. The zero-order valence-corrected chi connectivity index (χ0v) is 25.8. The van der Waals surface area contributed by atoms with Crippen LogP contribution in [-0.4, -0.2) is 42.7 Å². The van der Waals surface area contributed by atoms with Gasteiger partial charge in [0.25, 0.3) is 15.9 Å². The van der Waals surface area contributed by atoms with Gasteiger partial charge < -0.3 is 19.1 Å². The summed E-state index contributed by atoms with van der Waals surface area (Å²) >= 11 is 0. The van der Waals surface area contributed by atoms with Gasteiger partial charge in [0.15, 0.2) is 0 Å². The Hall–Kier alpha value is -3.96. The zero-order chi connectivity index (χ0) is 30.4. The smallest absolute Gasteiger partial charge is 0.269 e. The van der Waals surface area contributed by atoms with E-state index in [4.69, 9.17) is 14.2 Å². The number of nitrogens with one attached hydrogen (secondary N) is 2. The Morgan fingerprint density at radius 3 is 2.38 bits per heavy atom. The Morgan fingerprint density at radius 2 is 1.79 bits per heavy atom. The largest absolute Gasteiger partial charge is 0.356 e. The SMILES string of the molecule is CCCc1nc(CC)c(C(=O)NC)n1Cc1ccc(-c2ccccc2C(OCC)S(=O)(=O)Nc2onc(C)c2C)cc1. The molecule has 0 radical (unpaired) electrons. The average Bonchev–Trinajstić information content (AvgIpc) is 3.49. The van der Waals surface area contributed by atoms with E-state index in [2.05, 4.69) is 22.1 Å². The standard InChI is InChI=1S/C31H39N5O5S/c1-7-12-27-33-26(8-2)28(29(37)32-6)36(27)19-22-15-17-23(18-16-22)24-13-10-11-14-25(24)31(40-9-3)42(38,39)35-30-20(4)21(5)34-41-30/h10-11,13-18,31,35H,7-9,12,19H2,1-6H3,(H,32,37). The molecular formula is C31H39N5O5S. The summed E-state index contributed by atoms with van der Waals surface area (Å²) in [7, 11) is -2.43. The van der Waals surface area contributed by atoms with Crippen molar-refractivity contribution >= 4 is 21.8 Å². The van der Waals surface area contributed by atoms with Gasteiger partial charge in [0.05, 0.1) is 11.4 Å². The molecule has 0 bridgehead atoms. The van der Waals surface area contributed by atoms with Crippen LogP contribution < -0.4 is 10.0 Å². The van der Waals surface area contributed by atoms with Crippen LogP contribution in [0.3, 0.4) is 0 Å². The lowest BCUT2D eigenvalue weighted by Gasteiger charge is -2.21. The molecule has 0 aliphatic rings. The minimum Gasteiger partial charge on any atom is -0.356 e. The van der Waals surface area contributed by atoms with E-state index in [0.717, 1.165) is 41.1 Å². The molecule has 4 rings (SSSR count). The number of rotatable bonds is 13. The van der Waals surface area contributed by atoms with E-state index in [-0.39, 0.29) is 18.4 Å². The highest BCUT2D eigenvalue weighted by molar-refractivity contribution is 7.92. The molecule has 42 heavy (non-hydrogen) atoms. The lowest BCUT2D eigenvalue weighted by molar-refractivity contribution is 0.0953. The second-order valence-corrected chi connectivity index (χ2v) is 11.8. The van der Waals surface area contributed by atoms with Gasteiger partial charge in [0.2, 0.25) is 11.3 Å². The van der Waals surface area contributed by atoms with Crippen LogP contribution in [0.1, 0.15) is 77.0 Å². The maximum atomic E-state index is 13.6. The second-order valence-electron chi connectivity index (χ2n) is 10.0. The van der Waals surface area contributed by atoms with Crippen molar-refractivity contribution in [2.24, 2.45) is 0 Å². The van der Waals surface area contributed by atoms with Crippen molar-refractivity contribution in [3.8, 4) is 11.1 Å². The predicted molar refractivity (Wildman–Crippen MR) is 163 cm³/mol. The molecule has 1 amide bonds. The van der Waals surface area contributed by atoms with E-state index < -0.39 is 15.5 Å². The van der Waals surface area contributed by atoms with Crippen LogP contribution in [0.2, 0.25) is 0 Å². The van der Waals surface area contributed by atoms with Gasteiger partial charge in [-0.05, 0) is 50.3 Å². The van der Waals surface area contributed by atoms with Crippen LogP contribution in [0.5, 0.6) is 0 Å². The van der Waals surface area contributed by atoms with Crippen molar-refractivity contribution in [1.82, 2.24) is 20.0 Å². The van der Waals surface area contributed by atoms with E-state index in [1.165, 1.54) is 0 Å². The molecule has 4 aromatic rings. The molecule has 0 aliphatic heterocycles. The highest BCUT2D eigenvalue weighted by atomic mass is 32.2. The van der Waals surface area contributed by atoms with Gasteiger partial charge in [0.1, 0.15) is 11.5 Å². The maximum absolute atomic E-state index is 13.6. The molecule has 2 N–H and O–H groups in total. The molecule has 0 saturated heterocycles. The van der Waals surface area contributed by atoms with Crippen molar-refractivity contribution in [3.05, 3.63) is 88.1 Å². The summed E-state index contributed by atoms with van der Waals surface area (Å²) in [6, 6.07) is 15.2. The quantitative estimate of drug-likeness (QED) is 0.208. The van der Waals surface area contributed by atoms with Crippen LogP contribution >= 0.6 is 0 Å². The summed E-state index contributed by atoms with van der Waals surface area (Å²) in [4.78, 5) is 17.6. The summed E-state index contributed by atoms with van der Waals surface area (Å²) in [5.41, 5.74) is 4.37. The second kappa shape index (κ2) is 13.3. The van der Waals surface area contributed by atoms with Crippen molar-refractivity contribution in [3.63, 3.8) is 0 Å². The van der Waals surface area contributed by atoms with Crippen LogP contribution in [0, 0.1) is 13.8 Å². The number of carbonyl (C=O) groups excluding carboxylic acids is 1. The van der Waals surface area contributed by atoms with Crippen LogP contribution in [0.25, 0.3) is 11.1 Å². The third-order valence-electron chi connectivity index (χ3n) is 7.18. The van der Waals surface area contributed by atoms with E-state index in [0.29, 0.717) is 35.5 Å². The molecule has 224 valence electrons. The Morgan fingerprint density at radius 1 is 1.07 bits per heavy atom. The number of carbonyl (C=O) groups is 1. The van der Waals surface area contributed by atoms with Crippen LogP contribution in [0.15, 0.2) is 53.1 Å². The highest BCUT2D eigenvalue weighted by Gasteiger charge is 2.32. The summed E-state index contributed by atoms with van der Waals surface area (Å²) in [6.07, 6.45) is 2.35. The molecule has 10 nitrogen and oxygen atoms in total. The van der Waals surface area contributed by atoms with Crippen LogP contribution in [0.4, 0.5) is 5.88 Å². The van der Waals surface area contributed by atoms with Crippen LogP contribution in [-0.2, 0) is 34.1 Å². The average molecular weight is 594 g/mol. The van der Waals surface area contributed by atoms with Crippen molar-refractivity contribution in [1.29, 1.82) is 0 Å². The molecule has 0 aliphatic carbocycles. The lowest BCUT2D eigenvalue weighted by Crippen LogP contribution is -2.24. The molecule has 1 unspecified atom stereocenters. The number of ether oxygens (including phenoxy) is 1. The first-order valence-corrected chi connectivity index (χ1v) is 15.7. The summed E-state index contributed by atoms with van der Waals surface area (Å²) in [6.45, 7) is 10.0. The lowest BCUT2D eigenvalue weighted by atomic mass is 9.99. The molecule has 2 aromatic heterocycles. The Bertz CT molecular complexity index is 1640. The first-order chi connectivity index (χ1) is 20.1. The van der Waals surface area contributed by atoms with Crippen molar-refractivity contribution in [2.45, 2.75) is 65.9 Å². The monoisotopic (exact) mass is 593 g/mol. The summed E-state index contributed by atoms with van der Waals surface area (Å²) < 4.78 is 42.6. The number of aryl methyl sites for hydroxylation is 3. The number of nitrogens with zero attached hydrogens (tertiary/aromatic N) is 3. The fraction of sp³-hybridized carbons (Fsp3) is 0.387. The normalized spacial score (nSPS) is 12.3. The van der Waals surface area contributed by atoms with Crippen molar-refractivity contribution < 1.29 is 22.5 Å². The van der Waals surface area contributed by atoms with E-state index >= 15 is 0 Å². The molecule has 0 saturated carbocycles. The summed E-state index contributed by atoms with van der Waals surface area (Å²) in [5.74, 6) is 0.805. The van der Waals surface area contributed by atoms with E-state index in [1.54, 1.807) is 40.0 Å². The number of aromatic nitrogens is 3. The molecule has 1 atom stereocenters. The number of amides is 1. The highest BCUT2D eigenvalue weighted by Crippen LogP contribution is 2.35. The van der Waals surface area contributed by atoms with Gasteiger partial charge >= 0.3 is 0 Å². The third-order valence-corrected chi connectivity index (χ3v) is 8.61. The number of hydrogen-bond acceptors (Lipinski definition) is 7. The van der Waals surface area contributed by atoms with Gasteiger partial charge in [-0.1, -0.05) is 67.5 Å². The van der Waals surface area contributed by atoms with Gasteiger partial charge in [0, 0.05) is 37.7 Å². The van der Waals surface area contributed by atoms with E-state index in [9.17, 15) is 13.2 Å². The molecule has 0 spiro atoms. The number of sulfonamides is 1. The van der Waals surface area contributed by atoms with Crippen molar-refractivity contribution in [2.75, 3.05) is 18.4 Å². The fourth-order valence-corrected chi connectivity index (χ4v) is 6.30. The zero-order valence-electron chi connectivity index (χ0n) is 25.0. The number of hydrogen-bond donors (Lipinski definition) is 2. The Kier molecular flexibility index (Phi) is 9.85. The van der Waals surface area contributed by atoms with Gasteiger partial charge in [-0.3, -0.25) is 4.79 Å². The molecule has 2 aromatic carbocycles. The molecule has 0 fully saturated rings. The fourth-order valence-electron chi connectivity index (χ4n) is 4.89. The molecular weight excluding hydrogens is 554 g/mol. The molecule has 2 heterocycles. The topological polar surface area (TPSA) is 128 Å². The van der Waals surface area contributed by atoms with E-state index in [1.807, 2.05) is 47.9 Å². The first-order valence-electron chi connectivity index (χ1n) is 14.2. The number of imidazole rings is 1. The minimum atomic E-state index is -4.06. The summed E-state index contributed by atoms with van der Waals surface area (Å²) in [5, 5.41) is 6.60. The molecule has 11 heteroatoms. The number of benzene rings is 2. The Balaban J connectivity index is 1.68. The van der Waals surface area contributed by atoms with Gasteiger partial charge in [-0.15, -0.1) is 0 Å². The van der Waals surface area contributed by atoms with Gasteiger partial charge in [-0.25, -0.2) is 18.1 Å².